The molecule has 0 spiro atoms. The fourth-order valence-corrected chi connectivity index (χ4v) is 1.32. The fraction of sp³-hybridized carbons (Fsp3) is 0.300. The van der Waals surface area contributed by atoms with E-state index in [-0.39, 0.29) is 0 Å². The van der Waals surface area contributed by atoms with Crippen molar-refractivity contribution in [3.63, 3.8) is 0 Å². The highest BCUT2D eigenvalue weighted by molar-refractivity contribution is 5.52. The molecular formula is C10H12N2O2. The van der Waals surface area contributed by atoms with Crippen LogP contribution in [0.2, 0.25) is 0 Å². The Balaban J connectivity index is 2.35. The molecule has 0 fully saturated rings. The molecule has 4 nitrogen and oxygen atoms in total. The van der Waals surface area contributed by atoms with Crippen LogP contribution in [0.1, 0.15) is 11.6 Å². The van der Waals surface area contributed by atoms with E-state index in [0.717, 1.165) is 5.69 Å². The minimum absolute atomic E-state index is 0.539. The van der Waals surface area contributed by atoms with Gasteiger partial charge in [0.25, 0.3) is 0 Å². The largest absolute Gasteiger partial charge is 0.461 e. The summed E-state index contributed by atoms with van der Waals surface area (Å²) in [6, 6.07) is 3.67. The standard InChI is InChI=1S/C10H12N2O2/c1-7-10(8-3-2-6-13-8)14-9(12-7)4-5-11/h2-3,6H,4-5,11H2,1H3. The number of aromatic nitrogens is 1. The normalized spacial score (nSPS) is 10.7. The van der Waals surface area contributed by atoms with E-state index < -0.39 is 0 Å². The smallest absolute Gasteiger partial charge is 0.196 e. The Morgan fingerprint density at radius 1 is 1.50 bits per heavy atom. The third-order valence-electron chi connectivity index (χ3n) is 1.94. The maximum absolute atomic E-state index is 5.51. The van der Waals surface area contributed by atoms with Crippen LogP contribution in [0.25, 0.3) is 11.5 Å². The van der Waals surface area contributed by atoms with Gasteiger partial charge in [-0.25, -0.2) is 4.98 Å². The zero-order chi connectivity index (χ0) is 9.97. The second-order valence-electron chi connectivity index (χ2n) is 3.04. The monoisotopic (exact) mass is 192 g/mol. The van der Waals surface area contributed by atoms with Crippen LogP contribution in [0.3, 0.4) is 0 Å². The minimum Gasteiger partial charge on any atom is -0.461 e. The van der Waals surface area contributed by atoms with Crippen molar-refractivity contribution >= 4 is 0 Å². The molecule has 0 saturated heterocycles. The summed E-state index contributed by atoms with van der Waals surface area (Å²) in [5, 5.41) is 0. The third-order valence-corrected chi connectivity index (χ3v) is 1.94. The second kappa shape index (κ2) is 3.67. The lowest BCUT2D eigenvalue weighted by atomic mass is 10.3. The van der Waals surface area contributed by atoms with Crippen molar-refractivity contribution in [1.82, 2.24) is 4.98 Å². The average molecular weight is 192 g/mol. The van der Waals surface area contributed by atoms with Crippen LogP contribution in [0.15, 0.2) is 27.2 Å². The van der Waals surface area contributed by atoms with Crippen LogP contribution in [0.4, 0.5) is 0 Å². The first-order chi connectivity index (χ1) is 6.81. The van der Waals surface area contributed by atoms with Gasteiger partial charge in [-0.05, 0) is 19.1 Å². The summed E-state index contributed by atoms with van der Waals surface area (Å²) in [6.07, 6.45) is 2.27. The maximum Gasteiger partial charge on any atom is 0.196 e. The summed E-state index contributed by atoms with van der Waals surface area (Å²) >= 11 is 0. The Labute approximate surface area is 81.7 Å². The SMILES string of the molecule is Cc1nc(CCN)oc1-c1ccco1. The Bertz CT molecular complexity index is 404. The molecule has 0 bridgehead atoms. The lowest BCUT2D eigenvalue weighted by Crippen LogP contribution is -2.02. The summed E-state index contributed by atoms with van der Waals surface area (Å²) < 4.78 is 10.7. The van der Waals surface area contributed by atoms with Gasteiger partial charge in [0, 0.05) is 13.0 Å². The first kappa shape index (κ1) is 9.02. The molecule has 0 aliphatic carbocycles. The van der Waals surface area contributed by atoms with Crippen LogP contribution < -0.4 is 5.73 Å². The van der Waals surface area contributed by atoms with Crippen LogP contribution in [-0.4, -0.2) is 11.5 Å². The lowest BCUT2D eigenvalue weighted by Gasteiger charge is -1.90. The Hall–Kier alpha value is -1.55. The molecule has 2 rings (SSSR count). The minimum atomic E-state index is 0.539. The van der Waals surface area contributed by atoms with Crippen molar-refractivity contribution in [3.05, 3.63) is 30.0 Å². The molecule has 0 aromatic carbocycles. The Morgan fingerprint density at radius 3 is 3.00 bits per heavy atom. The van der Waals surface area contributed by atoms with Crippen LogP contribution in [0, 0.1) is 6.92 Å². The van der Waals surface area contributed by atoms with E-state index in [1.54, 1.807) is 6.26 Å². The molecule has 74 valence electrons. The summed E-state index contributed by atoms with van der Waals surface area (Å²) in [7, 11) is 0. The predicted octanol–water partition coefficient (Wildman–Crippen LogP) is 1.74. The Kier molecular flexibility index (Phi) is 2.37. The quantitative estimate of drug-likeness (QED) is 0.804. The predicted molar refractivity (Wildman–Crippen MR) is 51.7 cm³/mol. The van der Waals surface area contributed by atoms with E-state index in [1.165, 1.54) is 0 Å². The molecule has 0 amide bonds. The molecule has 4 heteroatoms. The van der Waals surface area contributed by atoms with E-state index in [9.17, 15) is 0 Å². The molecule has 0 aliphatic rings. The number of furan rings is 1. The van der Waals surface area contributed by atoms with Crippen molar-refractivity contribution in [1.29, 1.82) is 0 Å². The third kappa shape index (κ3) is 1.56. The highest BCUT2D eigenvalue weighted by atomic mass is 16.4. The van der Waals surface area contributed by atoms with Crippen LogP contribution in [0.5, 0.6) is 0 Å². The molecule has 2 N–H and O–H groups in total. The van der Waals surface area contributed by atoms with Gasteiger partial charge in [-0.3, -0.25) is 0 Å². The number of nitrogens with zero attached hydrogens (tertiary/aromatic N) is 1. The summed E-state index contributed by atoms with van der Waals surface area (Å²) in [5.74, 6) is 2.06. The first-order valence-corrected chi connectivity index (χ1v) is 4.51. The van der Waals surface area contributed by atoms with E-state index in [1.807, 2.05) is 19.1 Å². The van der Waals surface area contributed by atoms with Crippen molar-refractivity contribution < 1.29 is 8.83 Å². The molecule has 0 aliphatic heterocycles. The van der Waals surface area contributed by atoms with Crippen LogP contribution >= 0.6 is 0 Å². The van der Waals surface area contributed by atoms with Gasteiger partial charge in [-0.2, -0.15) is 0 Å². The molecule has 14 heavy (non-hydrogen) atoms. The van der Waals surface area contributed by atoms with Gasteiger partial charge in [0.2, 0.25) is 0 Å². The highest BCUT2D eigenvalue weighted by Gasteiger charge is 2.12. The summed E-state index contributed by atoms with van der Waals surface area (Å²) in [4.78, 5) is 4.25. The zero-order valence-corrected chi connectivity index (χ0v) is 7.99. The van der Waals surface area contributed by atoms with Crippen molar-refractivity contribution in [3.8, 4) is 11.5 Å². The van der Waals surface area contributed by atoms with Gasteiger partial charge < -0.3 is 14.6 Å². The highest BCUT2D eigenvalue weighted by Crippen LogP contribution is 2.24. The van der Waals surface area contributed by atoms with E-state index >= 15 is 0 Å². The molecule has 0 radical (unpaired) electrons. The number of hydrogen-bond acceptors (Lipinski definition) is 4. The molecule has 2 aromatic heterocycles. The molecule has 2 aromatic rings. The van der Waals surface area contributed by atoms with Gasteiger partial charge in [0.1, 0.15) is 0 Å². The molecular weight excluding hydrogens is 180 g/mol. The van der Waals surface area contributed by atoms with Gasteiger partial charge in [-0.1, -0.05) is 0 Å². The lowest BCUT2D eigenvalue weighted by molar-refractivity contribution is 0.482. The first-order valence-electron chi connectivity index (χ1n) is 4.51. The van der Waals surface area contributed by atoms with Gasteiger partial charge in [0.05, 0.1) is 12.0 Å². The molecule has 0 atom stereocenters. The topological polar surface area (TPSA) is 65.2 Å². The number of rotatable bonds is 3. The van der Waals surface area contributed by atoms with Crippen molar-refractivity contribution in [2.75, 3.05) is 6.54 Å². The van der Waals surface area contributed by atoms with E-state index in [4.69, 9.17) is 14.6 Å². The number of aryl methyl sites for hydroxylation is 1. The van der Waals surface area contributed by atoms with Crippen molar-refractivity contribution in [2.24, 2.45) is 5.73 Å². The van der Waals surface area contributed by atoms with Gasteiger partial charge in [-0.15, -0.1) is 0 Å². The zero-order valence-electron chi connectivity index (χ0n) is 7.99. The molecule has 2 heterocycles. The van der Waals surface area contributed by atoms with E-state index in [0.29, 0.717) is 30.4 Å². The summed E-state index contributed by atoms with van der Waals surface area (Å²) in [6.45, 7) is 2.43. The maximum atomic E-state index is 5.51. The number of hydrogen-bond donors (Lipinski definition) is 1. The number of oxazole rings is 1. The van der Waals surface area contributed by atoms with Crippen LogP contribution in [-0.2, 0) is 6.42 Å². The Morgan fingerprint density at radius 2 is 2.36 bits per heavy atom. The average Bonchev–Trinajstić information content (AvgIpc) is 2.74. The van der Waals surface area contributed by atoms with Gasteiger partial charge in [0.15, 0.2) is 17.4 Å². The van der Waals surface area contributed by atoms with Crippen molar-refractivity contribution in [2.45, 2.75) is 13.3 Å². The number of nitrogens with two attached hydrogens (primary N) is 1. The van der Waals surface area contributed by atoms with E-state index in [2.05, 4.69) is 4.98 Å². The van der Waals surface area contributed by atoms with Gasteiger partial charge >= 0.3 is 0 Å². The summed E-state index contributed by atoms with van der Waals surface area (Å²) in [5.41, 5.74) is 6.25. The molecule has 0 unspecified atom stereocenters. The fourth-order valence-electron chi connectivity index (χ4n) is 1.32. The second-order valence-corrected chi connectivity index (χ2v) is 3.04. The molecule has 0 saturated carbocycles.